The molecule has 208 valence electrons. The van der Waals surface area contributed by atoms with Crippen LogP contribution < -0.4 is 20.2 Å². The van der Waals surface area contributed by atoms with E-state index in [0.717, 1.165) is 11.3 Å². The van der Waals surface area contributed by atoms with Crippen molar-refractivity contribution in [2.45, 2.75) is 45.6 Å². The van der Waals surface area contributed by atoms with Crippen LogP contribution in [0.1, 0.15) is 39.7 Å². The molecule has 0 fully saturated rings. The summed E-state index contributed by atoms with van der Waals surface area (Å²) in [7, 11) is 0. The van der Waals surface area contributed by atoms with Crippen molar-refractivity contribution in [3.05, 3.63) is 119 Å². The summed E-state index contributed by atoms with van der Waals surface area (Å²) < 4.78 is 18.2. The van der Waals surface area contributed by atoms with Crippen molar-refractivity contribution in [3.63, 3.8) is 0 Å². The Labute approximate surface area is 239 Å². The summed E-state index contributed by atoms with van der Waals surface area (Å²) in [6, 6.07) is 31.4. The number of hydrogen-bond acceptors (Lipinski definition) is 5. The van der Waals surface area contributed by atoms with Gasteiger partial charge in [0.25, 0.3) is 5.91 Å². The van der Waals surface area contributed by atoms with E-state index >= 15 is 0 Å². The predicted octanol–water partition coefficient (Wildman–Crippen LogP) is 8.35. The van der Waals surface area contributed by atoms with E-state index in [0.29, 0.717) is 40.2 Å². The highest BCUT2D eigenvalue weighted by atomic mass is 16.5. The summed E-state index contributed by atoms with van der Waals surface area (Å²) in [6.45, 7) is 8.25. The molecule has 4 aromatic carbocycles. The van der Waals surface area contributed by atoms with Crippen molar-refractivity contribution in [3.8, 4) is 28.6 Å². The summed E-state index contributed by atoms with van der Waals surface area (Å²) >= 11 is 0. The highest BCUT2D eigenvalue weighted by Crippen LogP contribution is 2.33. The molecule has 1 atom stereocenters. The van der Waals surface area contributed by atoms with E-state index < -0.39 is 6.10 Å². The number of carbonyl (C=O) groups is 1. The Balaban J connectivity index is 1.41. The molecule has 41 heavy (non-hydrogen) atoms. The standard InChI is InChI=1S/C35H33NO5/c1-5-29(34(38)36-25-19-21-27(22-20-25)39-26-11-7-6-8-12-26)40-33-31(37)28-13-9-10-14-30(28)41-32(33)23-15-17-24(18-16-23)35(2,3)4/h6-22,29H,5H2,1-4H3,(H,36,38). The van der Waals surface area contributed by atoms with Gasteiger partial charge in [0.2, 0.25) is 11.2 Å². The van der Waals surface area contributed by atoms with Gasteiger partial charge in [0.05, 0.1) is 5.39 Å². The van der Waals surface area contributed by atoms with Crippen molar-refractivity contribution in [2.75, 3.05) is 5.32 Å². The van der Waals surface area contributed by atoms with Crippen LogP contribution >= 0.6 is 0 Å². The first-order valence-corrected chi connectivity index (χ1v) is 13.7. The molecular formula is C35H33NO5. The molecule has 0 saturated heterocycles. The van der Waals surface area contributed by atoms with Gasteiger partial charge in [-0.25, -0.2) is 0 Å². The molecular weight excluding hydrogens is 514 g/mol. The molecule has 0 spiro atoms. The van der Waals surface area contributed by atoms with Crippen LogP contribution in [0.3, 0.4) is 0 Å². The van der Waals surface area contributed by atoms with Crippen LogP contribution in [0.4, 0.5) is 5.69 Å². The van der Waals surface area contributed by atoms with Gasteiger partial charge in [-0.3, -0.25) is 9.59 Å². The van der Waals surface area contributed by atoms with E-state index in [1.165, 1.54) is 0 Å². The quantitative estimate of drug-likeness (QED) is 0.211. The predicted molar refractivity (Wildman–Crippen MR) is 163 cm³/mol. The first kappa shape index (κ1) is 27.7. The molecule has 6 nitrogen and oxygen atoms in total. The van der Waals surface area contributed by atoms with Gasteiger partial charge >= 0.3 is 0 Å². The van der Waals surface area contributed by atoms with Crippen molar-refractivity contribution in [1.29, 1.82) is 0 Å². The highest BCUT2D eigenvalue weighted by Gasteiger charge is 2.25. The average molecular weight is 548 g/mol. The molecule has 1 heterocycles. The van der Waals surface area contributed by atoms with E-state index in [-0.39, 0.29) is 22.5 Å². The molecule has 1 aromatic heterocycles. The van der Waals surface area contributed by atoms with Gasteiger partial charge in [0, 0.05) is 11.3 Å². The van der Waals surface area contributed by atoms with E-state index in [1.54, 1.807) is 42.5 Å². The molecule has 1 unspecified atom stereocenters. The minimum absolute atomic E-state index is 0.0146. The normalized spacial score (nSPS) is 12.1. The van der Waals surface area contributed by atoms with Gasteiger partial charge in [-0.15, -0.1) is 0 Å². The number of amides is 1. The maximum Gasteiger partial charge on any atom is 0.265 e. The minimum Gasteiger partial charge on any atom is -0.473 e. The molecule has 1 amide bonds. The summed E-state index contributed by atoms with van der Waals surface area (Å²) in [5, 5.41) is 3.28. The number of rotatable bonds is 8. The second-order valence-corrected chi connectivity index (χ2v) is 10.9. The largest absolute Gasteiger partial charge is 0.473 e. The number of ether oxygens (including phenoxy) is 2. The van der Waals surface area contributed by atoms with Gasteiger partial charge in [-0.2, -0.15) is 0 Å². The first-order valence-electron chi connectivity index (χ1n) is 13.7. The fourth-order valence-corrected chi connectivity index (χ4v) is 4.46. The maximum absolute atomic E-state index is 13.6. The second-order valence-electron chi connectivity index (χ2n) is 10.9. The van der Waals surface area contributed by atoms with E-state index in [2.05, 4.69) is 26.1 Å². The van der Waals surface area contributed by atoms with E-state index in [1.807, 2.05) is 67.6 Å². The SMILES string of the molecule is CCC(Oc1c(-c2ccc(C(C)(C)C)cc2)oc2ccccc2c1=O)C(=O)Nc1ccc(Oc2ccccc2)cc1. The molecule has 5 aromatic rings. The van der Waals surface area contributed by atoms with Crippen molar-refractivity contribution >= 4 is 22.6 Å². The first-order chi connectivity index (χ1) is 19.7. The molecule has 0 aliphatic carbocycles. The molecule has 0 aliphatic heterocycles. The number of anilines is 1. The van der Waals surface area contributed by atoms with E-state index in [4.69, 9.17) is 13.9 Å². The average Bonchev–Trinajstić information content (AvgIpc) is 2.98. The molecule has 5 rings (SSSR count). The van der Waals surface area contributed by atoms with Gasteiger partial charge in [-0.1, -0.05) is 82.3 Å². The Kier molecular flexibility index (Phi) is 7.92. The summed E-state index contributed by atoms with van der Waals surface area (Å²) in [4.78, 5) is 26.9. The molecule has 0 radical (unpaired) electrons. The smallest absolute Gasteiger partial charge is 0.265 e. The lowest BCUT2D eigenvalue weighted by molar-refractivity contribution is -0.122. The zero-order chi connectivity index (χ0) is 29.0. The fourth-order valence-electron chi connectivity index (χ4n) is 4.46. The maximum atomic E-state index is 13.6. The monoisotopic (exact) mass is 547 g/mol. The van der Waals surface area contributed by atoms with Crippen LogP contribution in [-0.4, -0.2) is 12.0 Å². The summed E-state index contributed by atoms with van der Waals surface area (Å²) in [5.41, 5.74) is 2.53. The van der Waals surface area contributed by atoms with Crippen LogP contribution in [-0.2, 0) is 10.2 Å². The van der Waals surface area contributed by atoms with Crippen LogP contribution in [0.5, 0.6) is 17.2 Å². The third kappa shape index (κ3) is 6.33. The Hall–Kier alpha value is -4.84. The van der Waals surface area contributed by atoms with Crippen molar-refractivity contribution < 1.29 is 18.7 Å². The summed E-state index contributed by atoms with van der Waals surface area (Å²) in [6.07, 6.45) is -0.581. The van der Waals surface area contributed by atoms with Crippen molar-refractivity contribution in [2.24, 2.45) is 0 Å². The number of nitrogens with one attached hydrogen (secondary N) is 1. The lowest BCUT2D eigenvalue weighted by Gasteiger charge is -2.20. The number of para-hydroxylation sites is 2. The highest BCUT2D eigenvalue weighted by molar-refractivity contribution is 5.94. The number of benzene rings is 4. The van der Waals surface area contributed by atoms with Gasteiger partial charge in [0.15, 0.2) is 11.9 Å². The Morgan fingerprint density at radius 2 is 1.46 bits per heavy atom. The van der Waals surface area contributed by atoms with Crippen LogP contribution in [0.15, 0.2) is 112 Å². The Morgan fingerprint density at radius 3 is 2.12 bits per heavy atom. The Morgan fingerprint density at radius 1 is 0.829 bits per heavy atom. The zero-order valence-corrected chi connectivity index (χ0v) is 23.6. The molecule has 0 aliphatic rings. The number of fused-ring (bicyclic) bond motifs is 1. The molecule has 6 heteroatoms. The third-order valence-corrected chi connectivity index (χ3v) is 6.79. The van der Waals surface area contributed by atoms with E-state index in [9.17, 15) is 9.59 Å². The van der Waals surface area contributed by atoms with Crippen LogP contribution in [0, 0.1) is 0 Å². The summed E-state index contributed by atoms with van der Waals surface area (Å²) in [5.74, 6) is 1.31. The molecule has 1 N–H and O–H groups in total. The van der Waals surface area contributed by atoms with Crippen LogP contribution in [0.25, 0.3) is 22.3 Å². The molecule has 0 bridgehead atoms. The third-order valence-electron chi connectivity index (χ3n) is 6.79. The lowest BCUT2D eigenvalue weighted by Crippen LogP contribution is -2.34. The van der Waals surface area contributed by atoms with Crippen molar-refractivity contribution in [1.82, 2.24) is 0 Å². The number of hydrogen-bond donors (Lipinski definition) is 1. The lowest BCUT2D eigenvalue weighted by atomic mass is 9.86. The topological polar surface area (TPSA) is 77.8 Å². The van der Waals surface area contributed by atoms with Gasteiger partial charge < -0.3 is 19.2 Å². The minimum atomic E-state index is -0.924. The van der Waals surface area contributed by atoms with Crippen LogP contribution in [0.2, 0.25) is 0 Å². The molecule has 0 saturated carbocycles. The Bertz CT molecular complexity index is 1700. The second kappa shape index (κ2) is 11.7. The zero-order valence-electron chi connectivity index (χ0n) is 23.6. The van der Waals surface area contributed by atoms with Gasteiger partial charge in [0.1, 0.15) is 17.1 Å². The number of carbonyl (C=O) groups excluding carboxylic acids is 1. The fraction of sp³-hybridized carbons (Fsp3) is 0.200. The van der Waals surface area contributed by atoms with Gasteiger partial charge in [-0.05, 0) is 65.9 Å².